The number of ether oxygens (including phenoxy) is 1. The molecular formula is C10H21ClN2O2. The molecule has 0 bridgehead atoms. The Morgan fingerprint density at radius 2 is 2.27 bits per heavy atom. The summed E-state index contributed by atoms with van der Waals surface area (Å²) in [6.07, 6.45) is 3.74. The van der Waals surface area contributed by atoms with Gasteiger partial charge in [-0.05, 0) is 25.2 Å². The van der Waals surface area contributed by atoms with Crippen LogP contribution in [0.5, 0.6) is 0 Å². The van der Waals surface area contributed by atoms with Crippen LogP contribution in [0.3, 0.4) is 0 Å². The second-order valence-electron chi connectivity index (χ2n) is 3.84. The first-order valence-corrected chi connectivity index (χ1v) is 5.26. The van der Waals surface area contributed by atoms with Gasteiger partial charge in [0.2, 0.25) is 5.91 Å². The predicted octanol–water partition coefficient (Wildman–Crippen LogP) is 0.688. The summed E-state index contributed by atoms with van der Waals surface area (Å²) in [6, 6.07) is 0.199. The maximum atomic E-state index is 11.4. The van der Waals surface area contributed by atoms with Crippen molar-refractivity contribution in [3.63, 3.8) is 0 Å². The van der Waals surface area contributed by atoms with Crippen molar-refractivity contribution in [1.82, 2.24) is 5.32 Å². The Hall–Kier alpha value is -0.320. The fourth-order valence-electron chi connectivity index (χ4n) is 1.52. The van der Waals surface area contributed by atoms with Crippen LogP contribution in [0.15, 0.2) is 0 Å². The van der Waals surface area contributed by atoms with Crippen molar-refractivity contribution in [2.75, 3.05) is 20.3 Å². The molecule has 0 heterocycles. The normalized spacial score (nSPS) is 16.7. The number of carbonyl (C=O) groups is 1. The third kappa shape index (κ3) is 5.97. The molecule has 0 saturated heterocycles. The van der Waals surface area contributed by atoms with Gasteiger partial charge in [-0.3, -0.25) is 4.79 Å². The minimum absolute atomic E-state index is 0. The van der Waals surface area contributed by atoms with Crippen molar-refractivity contribution in [3.05, 3.63) is 0 Å². The minimum Gasteiger partial charge on any atom is -0.385 e. The first-order chi connectivity index (χ1) is 6.77. The highest BCUT2D eigenvalue weighted by Crippen LogP contribution is 2.32. The summed E-state index contributed by atoms with van der Waals surface area (Å²) in [5, 5.41) is 2.97. The molecular weight excluding hydrogens is 216 g/mol. The fourth-order valence-corrected chi connectivity index (χ4v) is 1.52. The summed E-state index contributed by atoms with van der Waals surface area (Å²) >= 11 is 0. The Morgan fingerprint density at radius 1 is 1.60 bits per heavy atom. The zero-order valence-electron chi connectivity index (χ0n) is 9.20. The van der Waals surface area contributed by atoms with Crippen LogP contribution in [0.25, 0.3) is 0 Å². The van der Waals surface area contributed by atoms with Gasteiger partial charge in [0, 0.05) is 32.7 Å². The minimum atomic E-state index is 0. The van der Waals surface area contributed by atoms with Gasteiger partial charge in [0.15, 0.2) is 0 Å². The second kappa shape index (κ2) is 7.91. The van der Waals surface area contributed by atoms with Gasteiger partial charge in [-0.2, -0.15) is 0 Å². The molecule has 0 aliphatic heterocycles. The molecule has 0 aromatic rings. The number of hydrogen-bond acceptors (Lipinski definition) is 3. The van der Waals surface area contributed by atoms with E-state index in [0.29, 0.717) is 25.5 Å². The summed E-state index contributed by atoms with van der Waals surface area (Å²) in [6.45, 7) is 1.20. The molecule has 1 aliphatic rings. The third-order valence-electron chi connectivity index (χ3n) is 2.54. The Bertz CT molecular complexity index is 186. The van der Waals surface area contributed by atoms with E-state index in [1.807, 2.05) is 0 Å². The molecule has 0 spiro atoms. The Labute approximate surface area is 97.3 Å². The van der Waals surface area contributed by atoms with E-state index in [2.05, 4.69) is 5.32 Å². The van der Waals surface area contributed by atoms with E-state index in [1.54, 1.807) is 7.11 Å². The van der Waals surface area contributed by atoms with Crippen LogP contribution in [0.2, 0.25) is 0 Å². The van der Waals surface area contributed by atoms with E-state index in [-0.39, 0.29) is 24.4 Å². The van der Waals surface area contributed by atoms with E-state index >= 15 is 0 Å². The van der Waals surface area contributed by atoms with Crippen LogP contribution < -0.4 is 11.1 Å². The highest BCUT2D eigenvalue weighted by molar-refractivity contribution is 5.85. The van der Waals surface area contributed by atoms with Crippen molar-refractivity contribution in [2.45, 2.75) is 31.7 Å². The lowest BCUT2D eigenvalue weighted by atomic mass is 10.2. The van der Waals surface area contributed by atoms with Gasteiger partial charge >= 0.3 is 0 Å². The number of hydrogen-bond donors (Lipinski definition) is 2. The van der Waals surface area contributed by atoms with E-state index in [1.165, 1.54) is 12.8 Å². The molecule has 1 fully saturated rings. The van der Waals surface area contributed by atoms with Crippen molar-refractivity contribution in [2.24, 2.45) is 11.7 Å². The van der Waals surface area contributed by atoms with E-state index in [9.17, 15) is 4.79 Å². The molecule has 5 heteroatoms. The van der Waals surface area contributed by atoms with Gasteiger partial charge in [0.05, 0.1) is 0 Å². The average Bonchev–Trinajstić information content (AvgIpc) is 2.98. The SMILES string of the molecule is COCCCC(=O)NC(CN)C1CC1.Cl. The summed E-state index contributed by atoms with van der Waals surface area (Å²) in [5.74, 6) is 0.732. The quantitative estimate of drug-likeness (QED) is 0.640. The van der Waals surface area contributed by atoms with Gasteiger partial charge in [-0.1, -0.05) is 0 Å². The molecule has 1 amide bonds. The zero-order chi connectivity index (χ0) is 10.4. The fraction of sp³-hybridized carbons (Fsp3) is 0.900. The van der Waals surface area contributed by atoms with Crippen LogP contribution in [0, 0.1) is 5.92 Å². The van der Waals surface area contributed by atoms with Crippen LogP contribution in [-0.4, -0.2) is 32.2 Å². The lowest BCUT2D eigenvalue weighted by Gasteiger charge is -2.15. The number of nitrogens with one attached hydrogen (secondary N) is 1. The average molecular weight is 237 g/mol. The Kier molecular flexibility index (Phi) is 7.74. The largest absolute Gasteiger partial charge is 0.385 e. The monoisotopic (exact) mass is 236 g/mol. The summed E-state index contributed by atoms with van der Waals surface area (Å²) in [5.41, 5.74) is 5.58. The summed E-state index contributed by atoms with van der Waals surface area (Å²) in [7, 11) is 1.64. The van der Waals surface area contributed by atoms with Gasteiger partial charge in [0.1, 0.15) is 0 Å². The molecule has 1 saturated carbocycles. The highest BCUT2D eigenvalue weighted by atomic mass is 35.5. The standard InChI is InChI=1S/C10H20N2O2.ClH/c1-14-6-2-3-10(13)12-9(7-11)8-4-5-8;/h8-9H,2-7,11H2,1H3,(H,12,13);1H. The summed E-state index contributed by atoms with van der Waals surface area (Å²) < 4.78 is 4.88. The number of nitrogens with two attached hydrogens (primary N) is 1. The maximum absolute atomic E-state index is 11.4. The van der Waals surface area contributed by atoms with Crippen molar-refractivity contribution in [3.8, 4) is 0 Å². The van der Waals surface area contributed by atoms with Crippen LogP contribution in [-0.2, 0) is 9.53 Å². The van der Waals surface area contributed by atoms with Crippen LogP contribution in [0.4, 0.5) is 0 Å². The Balaban J connectivity index is 0.00000196. The molecule has 4 nitrogen and oxygen atoms in total. The number of rotatable bonds is 7. The van der Waals surface area contributed by atoms with Crippen molar-refractivity contribution >= 4 is 18.3 Å². The van der Waals surface area contributed by atoms with Crippen molar-refractivity contribution < 1.29 is 9.53 Å². The molecule has 1 unspecified atom stereocenters. The van der Waals surface area contributed by atoms with Gasteiger partial charge in [-0.25, -0.2) is 0 Å². The smallest absolute Gasteiger partial charge is 0.220 e. The van der Waals surface area contributed by atoms with Crippen molar-refractivity contribution in [1.29, 1.82) is 0 Å². The lowest BCUT2D eigenvalue weighted by molar-refractivity contribution is -0.122. The van der Waals surface area contributed by atoms with E-state index < -0.39 is 0 Å². The van der Waals surface area contributed by atoms with Gasteiger partial charge in [-0.15, -0.1) is 12.4 Å². The second-order valence-corrected chi connectivity index (χ2v) is 3.84. The molecule has 0 radical (unpaired) electrons. The van der Waals surface area contributed by atoms with E-state index in [0.717, 1.165) is 6.42 Å². The van der Waals surface area contributed by atoms with Gasteiger partial charge in [0.25, 0.3) is 0 Å². The first kappa shape index (κ1) is 14.7. The zero-order valence-corrected chi connectivity index (χ0v) is 10.0. The molecule has 0 aromatic carbocycles. The molecule has 3 N–H and O–H groups in total. The Morgan fingerprint density at radius 3 is 2.73 bits per heavy atom. The summed E-state index contributed by atoms with van der Waals surface area (Å²) in [4.78, 5) is 11.4. The lowest BCUT2D eigenvalue weighted by Crippen LogP contribution is -2.41. The number of carbonyl (C=O) groups excluding carboxylic acids is 1. The highest BCUT2D eigenvalue weighted by Gasteiger charge is 2.30. The molecule has 1 atom stereocenters. The first-order valence-electron chi connectivity index (χ1n) is 5.26. The molecule has 1 aliphatic carbocycles. The molecule has 15 heavy (non-hydrogen) atoms. The van der Waals surface area contributed by atoms with Crippen LogP contribution >= 0.6 is 12.4 Å². The van der Waals surface area contributed by atoms with Gasteiger partial charge < -0.3 is 15.8 Å². The van der Waals surface area contributed by atoms with E-state index in [4.69, 9.17) is 10.5 Å². The molecule has 1 rings (SSSR count). The van der Waals surface area contributed by atoms with Crippen LogP contribution in [0.1, 0.15) is 25.7 Å². The maximum Gasteiger partial charge on any atom is 0.220 e. The molecule has 0 aromatic heterocycles. The number of methoxy groups -OCH3 is 1. The predicted molar refractivity (Wildman–Crippen MR) is 62.1 cm³/mol. The number of halogens is 1. The topological polar surface area (TPSA) is 64.3 Å². The third-order valence-corrected chi connectivity index (χ3v) is 2.54. The number of amides is 1. The molecule has 90 valence electrons.